The Kier molecular flexibility index (Phi) is 5.70. The molecule has 0 bridgehead atoms. The third kappa shape index (κ3) is 4.42. The van der Waals surface area contributed by atoms with Gasteiger partial charge in [0.15, 0.2) is 6.04 Å². The number of imide groups is 1. The summed E-state index contributed by atoms with van der Waals surface area (Å²) in [6.45, 7) is 3.43. The molecule has 0 aliphatic carbocycles. The zero-order chi connectivity index (χ0) is 19.6. The smallest absolute Gasteiger partial charge is 0.353 e. The maximum absolute atomic E-state index is 12.4. The lowest BCUT2D eigenvalue weighted by atomic mass is 10.0. The number of carbonyl (C=O) groups excluding carboxylic acids is 3. The molecule has 7 heteroatoms. The Hall–Kier alpha value is -2.54. The Morgan fingerprint density at radius 1 is 1.26 bits per heavy atom. The number of carbonyl (C=O) groups is 3. The number of hydrogen-bond acceptors (Lipinski definition) is 4. The summed E-state index contributed by atoms with van der Waals surface area (Å²) < 4.78 is 1.46. The summed E-state index contributed by atoms with van der Waals surface area (Å²) in [5.74, 6) is -0.163. The van der Waals surface area contributed by atoms with E-state index < -0.39 is 6.04 Å². The molecule has 2 heterocycles. The van der Waals surface area contributed by atoms with Crippen molar-refractivity contribution < 1.29 is 19.0 Å². The van der Waals surface area contributed by atoms with Crippen molar-refractivity contribution in [3.8, 4) is 0 Å². The van der Waals surface area contributed by atoms with E-state index in [2.05, 4.69) is 10.2 Å². The molecule has 7 nitrogen and oxygen atoms in total. The van der Waals surface area contributed by atoms with Gasteiger partial charge in [-0.1, -0.05) is 29.8 Å². The molecule has 0 radical (unpaired) electrons. The maximum atomic E-state index is 12.4. The maximum Gasteiger partial charge on any atom is 0.500 e. The lowest BCUT2D eigenvalue weighted by molar-refractivity contribution is -0.401. The van der Waals surface area contributed by atoms with Crippen molar-refractivity contribution in [2.75, 3.05) is 27.2 Å². The third-order valence-corrected chi connectivity index (χ3v) is 5.27. The average Bonchev–Trinajstić information content (AvgIpc) is 2.64. The molecule has 1 aromatic rings. The minimum atomic E-state index is -0.415. The molecular formula is C20H27N4O3+. The van der Waals surface area contributed by atoms with E-state index in [-0.39, 0.29) is 23.9 Å². The monoisotopic (exact) mass is 371 g/mol. The molecule has 0 saturated carbocycles. The van der Waals surface area contributed by atoms with Gasteiger partial charge in [-0.05, 0) is 25.3 Å². The molecule has 4 amide bonds. The van der Waals surface area contributed by atoms with Crippen LogP contribution in [-0.2, 0) is 16.0 Å². The van der Waals surface area contributed by atoms with Crippen molar-refractivity contribution in [1.82, 2.24) is 15.1 Å². The van der Waals surface area contributed by atoms with Gasteiger partial charge in [-0.25, -0.2) is 9.37 Å². The molecule has 2 aliphatic heterocycles. The van der Waals surface area contributed by atoms with Crippen LogP contribution in [0.2, 0.25) is 0 Å². The second-order valence-electron chi connectivity index (χ2n) is 7.43. The number of urea groups is 1. The fourth-order valence-corrected chi connectivity index (χ4v) is 3.73. The summed E-state index contributed by atoms with van der Waals surface area (Å²) in [6, 6.07) is 7.37. The van der Waals surface area contributed by atoms with Crippen LogP contribution in [0.15, 0.2) is 24.3 Å². The molecular weight excluding hydrogens is 344 g/mol. The largest absolute Gasteiger partial charge is 0.500 e. The van der Waals surface area contributed by atoms with E-state index in [0.29, 0.717) is 19.5 Å². The third-order valence-electron chi connectivity index (χ3n) is 5.27. The fraction of sp³-hybridized carbons (Fsp3) is 0.500. The Balaban J connectivity index is 1.52. The first kappa shape index (κ1) is 19.2. The predicted octanol–water partition coefficient (Wildman–Crippen LogP) is 0.792. The molecule has 27 heavy (non-hydrogen) atoms. The van der Waals surface area contributed by atoms with Gasteiger partial charge in [0.25, 0.3) is 0 Å². The van der Waals surface area contributed by atoms with E-state index in [1.165, 1.54) is 16.5 Å². The predicted molar refractivity (Wildman–Crippen MR) is 102 cm³/mol. The number of hydrogen-bond donors (Lipinski definition) is 1. The number of rotatable bonds is 4. The topological polar surface area (TPSA) is 72.7 Å². The van der Waals surface area contributed by atoms with Crippen LogP contribution in [-0.4, -0.2) is 77.7 Å². The molecule has 2 aliphatic rings. The van der Waals surface area contributed by atoms with Crippen LogP contribution < -0.4 is 5.32 Å². The van der Waals surface area contributed by atoms with E-state index in [9.17, 15) is 14.4 Å². The van der Waals surface area contributed by atoms with Crippen molar-refractivity contribution >= 4 is 24.1 Å². The number of benzene rings is 1. The number of piperidine rings is 1. The van der Waals surface area contributed by atoms with Gasteiger partial charge in [-0.3, -0.25) is 9.69 Å². The van der Waals surface area contributed by atoms with Crippen LogP contribution in [0.4, 0.5) is 4.79 Å². The molecule has 3 rings (SSSR count). The Bertz CT molecular complexity index is 781. The minimum absolute atomic E-state index is 0.0319. The van der Waals surface area contributed by atoms with E-state index in [1.807, 2.05) is 31.2 Å². The number of nitrogens with one attached hydrogen (secondary N) is 1. The summed E-state index contributed by atoms with van der Waals surface area (Å²) >= 11 is 0. The lowest BCUT2D eigenvalue weighted by Crippen LogP contribution is -2.59. The van der Waals surface area contributed by atoms with Crippen molar-refractivity contribution in [2.45, 2.75) is 38.3 Å². The molecule has 144 valence electrons. The van der Waals surface area contributed by atoms with Crippen molar-refractivity contribution in [3.63, 3.8) is 0 Å². The summed E-state index contributed by atoms with van der Waals surface area (Å²) in [7, 11) is 3.18. The highest BCUT2D eigenvalue weighted by Gasteiger charge is 2.42. The zero-order valence-corrected chi connectivity index (χ0v) is 16.1. The summed E-state index contributed by atoms with van der Waals surface area (Å²) in [4.78, 5) is 39.8. The van der Waals surface area contributed by atoms with E-state index >= 15 is 0 Å². The standard InChI is InChI=1S/C20H26N4O3/c1-14-5-4-6-15(11-14)12-18(25)21-16-7-9-24(10-8-16)17-13-22(2)20(27)23(3)19(17)26/h4-6,11,13,16-17H,7-10,12H2,1-3H3/p+1. The quantitative estimate of drug-likeness (QED) is 0.795. The fourth-order valence-electron chi connectivity index (χ4n) is 3.73. The zero-order valence-electron chi connectivity index (χ0n) is 16.1. The Labute approximate surface area is 159 Å². The molecule has 1 fully saturated rings. The number of likely N-dealkylation sites (tertiary alicyclic amines) is 1. The molecule has 1 saturated heterocycles. The number of nitrogens with zero attached hydrogens (tertiary/aromatic N) is 3. The van der Waals surface area contributed by atoms with Crippen LogP contribution in [0.3, 0.4) is 0 Å². The van der Waals surface area contributed by atoms with Crippen LogP contribution in [0, 0.1) is 6.92 Å². The van der Waals surface area contributed by atoms with Gasteiger partial charge in [0.05, 0.1) is 20.5 Å². The first-order chi connectivity index (χ1) is 12.8. The molecule has 1 atom stereocenters. The van der Waals surface area contributed by atoms with E-state index in [4.69, 9.17) is 0 Å². The van der Waals surface area contributed by atoms with Crippen LogP contribution >= 0.6 is 0 Å². The van der Waals surface area contributed by atoms with Gasteiger partial charge in [0.2, 0.25) is 5.91 Å². The van der Waals surface area contributed by atoms with Gasteiger partial charge < -0.3 is 5.32 Å². The summed E-state index contributed by atoms with van der Waals surface area (Å²) in [5, 5.41) is 3.11. The Morgan fingerprint density at radius 2 is 1.96 bits per heavy atom. The number of likely N-dealkylation sites (N-methyl/N-ethyl adjacent to an activating group) is 1. The van der Waals surface area contributed by atoms with Gasteiger partial charge >= 0.3 is 11.9 Å². The second-order valence-corrected chi connectivity index (χ2v) is 7.43. The second kappa shape index (κ2) is 8.00. The molecule has 0 spiro atoms. The SMILES string of the molecule is Cc1cccc(CC(=O)NC2CCN(C3C=[N+](C)C(=O)N(C)C3=O)CC2)c1. The van der Waals surface area contributed by atoms with Crippen molar-refractivity contribution in [2.24, 2.45) is 0 Å². The average molecular weight is 371 g/mol. The van der Waals surface area contributed by atoms with Crippen molar-refractivity contribution in [3.05, 3.63) is 35.4 Å². The highest BCUT2D eigenvalue weighted by molar-refractivity contribution is 6.06. The molecule has 1 unspecified atom stereocenters. The van der Waals surface area contributed by atoms with Gasteiger partial charge in [0, 0.05) is 19.1 Å². The summed E-state index contributed by atoms with van der Waals surface area (Å²) in [6.07, 6.45) is 3.65. The van der Waals surface area contributed by atoms with Crippen LogP contribution in [0.1, 0.15) is 24.0 Å². The summed E-state index contributed by atoms with van der Waals surface area (Å²) in [5.41, 5.74) is 2.17. The van der Waals surface area contributed by atoms with Crippen LogP contribution in [0.5, 0.6) is 0 Å². The van der Waals surface area contributed by atoms with Gasteiger partial charge in [-0.2, -0.15) is 9.69 Å². The molecule has 0 aromatic heterocycles. The molecule has 1 aromatic carbocycles. The van der Waals surface area contributed by atoms with Gasteiger partial charge in [0.1, 0.15) is 6.21 Å². The highest BCUT2D eigenvalue weighted by atomic mass is 16.2. The van der Waals surface area contributed by atoms with E-state index in [1.54, 1.807) is 13.3 Å². The van der Waals surface area contributed by atoms with Crippen molar-refractivity contribution in [1.29, 1.82) is 0 Å². The molecule has 1 N–H and O–H groups in total. The first-order valence-electron chi connectivity index (χ1n) is 9.33. The first-order valence-corrected chi connectivity index (χ1v) is 9.33. The van der Waals surface area contributed by atoms with Crippen LogP contribution in [0.25, 0.3) is 0 Å². The Morgan fingerprint density at radius 3 is 2.63 bits per heavy atom. The number of amides is 4. The highest BCUT2D eigenvalue weighted by Crippen LogP contribution is 2.16. The van der Waals surface area contributed by atoms with Gasteiger partial charge in [-0.15, -0.1) is 0 Å². The number of aryl methyl sites for hydroxylation is 1. The normalized spacial score (nSPS) is 22.0. The lowest BCUT2D eigenvalue weighted by Gasteiger charge is -2.36. The van der Waals surface area contributed by atoms with E-state index in [0.717, 1.165) is 24.0 Å². The minimum Gasteiger partial charge on any atom is -0.353 e.